The minimum Gasteiger partial charge on any atom is -0.457 e. The molecule has 1 aliphatic carbocycles. The number of hydrogen-bond acceptors (Lipinski definition) is 3. The Labute approximate surface area is 330 Å². The Morgan fingerprint density at radius 2 is 1.00 bits per heavy atom. The molecule has 0 fully saturated rings. The van der Waals surface area contributed by atoms with Crippen molar-refractivity contribution in [1.29, 1.82) is 0 Å². The van der Waals surface area contributed by atoms with Crippen LogP contribution in [0.2, 0.25) is 0 Å². The zero-order valence-electron chi connectivity index (χ0n) is 30.8. The summed E-state index contributed by atoms with van der Waals surface area (Å²) in [6, 6.07) is 71.1. The standard InChI is InChI=1S/C53H33N3O/c1-3-15-35(16-4-1)49-51-50(41-20-8-12-24-46(41)54-49)55-52(56(51)38-17-5-2-6-18-38)36-29-27-34(28-30-36)37-31-32-40-39-19-7-9-21-42(39)53(45(40)33-37)43-22-10-13-25-47(43)57-48-26-14-11-23-44(48)53/h1-33H. The van der Waals surface area contributed by atoms with Crippen molar-refractivity contribution in [3.8, 4) is 62.1 Å². The molecule has 2 aliphatic rings. The van der Waals surface area contributed by atoms with E-state index in [1.165, 1.54) is 33.4 Å². The van der Waals surface area contributed by atoms with Crippen molar-refractivity contribution in [2.24, 2.45) is 0 Å². The van der Waals surface area contributed by atoms with Crippen LogP contribution in [0.1, 0.15) is 22.3 Å². The molecule has 1 aliphatic heterocycles. The number of ether oxygens (including phenoxy) is 1. The van der Waals surface area contributed by atoms with Gasteiger partial charge in [-0.25, -0.2) is 9.97 Å². The number of aromatic nitrogens is 3. The lowest BCUT2D eigenvalue weighted by atomic mass is 9.66. The lowest BCUT2D eigenvalue weighted by Crippen LogP contribution is -2.32. The van der Waals surface area contributed by atoms with Gasteiger partial charge in [0, 0.05) is 33.3 Å². The molecule has 0 saturated carbocycles. The number of pyridine rings is 1. The van der Waals surface area contributed by atoms with Gasteiger partial charge in [-0.2, -0.15) is 0 Å². The number of nitrogens with zero attached hydrogens (tertiary/aromatic N) is 3. The molecule has 0 atom stereocenters. The summed E-state index contributed by atoms with van der Waals surface area (Å²) in [5, 5.41) is 1.03. The molecule has 0 amide bonds. The first-order chi connectivity index (χ1) is 28.3. The van der Waals surface area contributed by atoms with Crippen LogP contribution in [0.25, 0.3) is 72.5 Å². The minimum absolute atomic E-state index is 0.513. The van der Waals surface area contributed by atoms with Gasteiger partial charge in [0.2, 0.25) is 0 Å². The fourth-order valence-corrected chi connectivity index (χ4v) is 9.44. The smallest absolute Gasteiger partial charge is 0.145 e. The molecule has 10 aromatic rings. The average Bonchev–Trinajstić information content (AvgIpc) is 3.82. The average molecular weight is 728 g/mol. The van der Waals surface area contributed by atoms with Gasteiger partial charge < -0.3 is 4.74 Å². The molecule has 4 heteroatoms. The maximum atomic E-state index is 6.57. The van der Waals surface area contributed by atoms with Gasteiger partial charge in [-0.05, 0) is 69.8 Å². The molecule has 0 unspecified atom stereocenters. The van der Waals surface area contributed by atoms with E-state index in [1.807, 2.05) is 12.1 Å². The predicted molar refractivity (Wildman–Crippen MR) is 230 cm³/mol. The molecule has 2 aromatic heterocycles. The highest BCUT2D eigenvalue weighted by molar-refractivity contribution is 6.09. The molecule has 0 bridgehead atoms. The van der Waals surface area contributed by atoms with E-state index in [2.05, 4.69) is 193 Å². The molecule has 57 heavy (non-hydrogen) atoms. The second kappa shape index (κ2) is 12.2. The first-order valence-electron chi connectivity index (χ1n) is 19.4. The number of benzene rings is 8. The number of hydrogen-bond donors (Lipinski definition) is 0. The van der Waals surface area contributed by atoms with Crippen LogP contribution in [-0.4, -0.2) is 14.5 Å². The maximum Gasteiger partial charge on any atom is 0.145 e. The van der Waals surface area contributed by atoms with Crippen molar-refractivity contribution in [1.82, 2.24) is 14.5 Å². The molecule has 0 radical (unpaired) electrons. The highest BCUT2D eigenvalue weighted by atomic mass is 16.5. The van der Waals surface area contributed by atoms with Crippen molar-refractivity contribution in [2.45, 2.75) is 5.41 Å². The van der Waals surface area contributed by atoms with Gasteiger partial charge in [-0.1, -0.05) is 164 Å². The zero-order valence-corrected chi connectivity index (χ0v) is 30.8. The lowest BCUT2D eigenvalue weighted by molar-refractivity contribution is 0.436. The number of rotatable bonds is 4. The Kier molecular flexibility index (Phi) is 6.81. The van der Waals surface area contributed by atoms with Crippen LogP contribution in [0.4, 0.5) is 0 Å². The van der Waals surface area contributed by atoms with Gasteiger partial charge in [-0.3, -0.25) is 4.57 Å². The van der Waals surface area contributed by atoms with Gasteiger partial charge in [0.1, 0.15) is 28.4 Å². The molecule has 3 heterocycles. The fourth-order valence-electron chi connectivity index (χ4n) is 9.44. The van der Waals surface area contributed by atoms with E-state index in [4.69, 9.17) is 14.7 Å². The van der Waals surface area contributed by atoms with E-state index in [1.54, 1.807) is 0 Å². The lowest BCUT2D eigenvalue weighted by Gasteiger charge is -2.39. The van der Waals surface area contributed by atoms with Crippen molar-refractivity contribution in [2.75, 3.05) is 0 Å². The van der Waals surface area contributed by atoms with Gasteiger partial charge in [-0.15, -0.1) is 0 Å². The second-order valence-corrected chi connectivity index (χ2v) is 14.9. The molecule has 4 nitrogen and oxygen atoms in total. The fraction of sp³-hybridized carbons (Fsp3) is 0.0189. The van der Waals surface area contributed by atoms with Crippen LogP contribution in [0.5, 0.6) is 11.5 Å². The summed E-state index contributed by atoms with van der Waals surface area (Å²) in [6.07, 6.45) is 0. The third-order valence-corrected chi connectivity index (χ3v) is 11.9. The SMILES string of the molecule is c1ccc(-c2nc3ccccc3c3nc(-c4ccc(-c5ccc6c(c5)C5(c7ccccc7Oc7ccccc75)c5ccccc5-6)cc4)n(-c4ccccc4)c23)cc1. The monoisotopic (exact) mass is 727 g/mol. The van der Waals surface area contributed by atoms with Crippen LogP contribution in [0.15, 0.2) is 200 Å². The van der Waals surface area contributed by atoms with Crippen molar-refractivity contribution in [3.05, 3.63) is 222 Å². The summed E-state index contributed by atoms with van der Waals surface area (Å²) in [6.45, 7) is 0. The van der Waals surface area contributed by atoms with E-state index in [-0.39, 0.29) is 0 Å². The van der Waals surface area contributed by atoms with Crippen LogP contribution >= 0.6 is 0 Å². The first kappa shape index (κ1) is 31.8. The molecular formula is C53H33N3O. The third kappa shape index (κ3) is 4.56. The minimum atomic E-state index is -0.513. The van der Waals surface area contributed by atoms with Crippen LogP contribution in [0.3, 0.4) is 0 Å². The van der Waals surface area contributed by atoms with E-state index < -0.39 is 5.41 Å². The van der Waals surface area contributed by atoms with Crippen molar-refractivity contribution in [3.63, 3.8) is 0 Å². The first-order valence-corrected chi connectivity index (χ1v) is 19.4. The highest BCUT2D eigenvalue weighted by Crippen LogP contribution is 2.62. The molecule has 8 aromatic carbocycles. The molecule has 1 spiro atoms. The quantitative estimate of drug-likeness (QED) is 0.181. The highest BCUT2D eigenvalue weighted by Gasteiger charge is 2.51. The van der Waals surface area contributed by atoms with Crippen LogP contribution in [0, 0.1) is 0 Å². The van der Waals surface area contributed by atoms with E-state index in [0.29, 0.717) is 0 Å². The van der Waals surface area contributed by atoms with E-state index in [0.717, 1.165) is 72.9 Å². The number of imidazole rings is 1. The Balaban J connectivity index is 1.05. The van der Waals surface area contributed by atoms with Gasteiger partial charge in [0.05, 0.1) is 16.6 Å². The topological polar surface area (TPSA) is 39.9 Å². The summed E-state index contributed by atoms with van der Waals surface area (Å²) < 4.78 is 8.85. The number of para-hydroxylation sites is 4. The van der Waals surface area contributed by atoms with Gasteiger partial charge in [0.15, 0.2) is 0 Å². The van der Waals surface area contributed by atoms with Crippen molar-refractivity contribution >= 4 is 21.9 Å². The van der Waals surface area contributed by atoms with Crippen LogP contribution in [-0.2, 0) is 5.41 Å². The molecule has 0 saturated heterocycles. The number of fused-ring (bicyclic) bond motifs is 12. The Morgan fingerprint density at radius 3 is 1.75 bits per heavy atom. The summed E-state index contributed by atoms with van der Waals surface area (Å²) in [4.78, 5) is 10.7. The second-order valence-electron chi connectivity index (χ2n) is 14.9. The Bertz CT molecular complexity index is 3160. The third-order valence-electron chi connectivity index (χ3n) is 11.9. The normalized spacial score (nSPS) is 13.2. The van der Waals surface area contributed by atoms with Gasteiger partial charge >= 0.3 is 0 Å². The van der Waals surface area contributed by atoms with Crippen LogP contribution < -0.4 is 4.74 Å². The van der Waals surface area contributed by atoms with E-state index in [9.17, 15) is 0 Å². The summed E-state index contributed by atoms with van der Waals surface area (Å²) >= 11 is 0. The molecule has 266 valence electrons. The van der Waals surface area contributed by atoms with Crippen molar-refractivity contribution < 1.29 is 4.74 Å². The molecule has 0 N–H and O–H groups in total. The summed E-state index contributed by atoms with van der Waals surface area (Å²) in [5.41, 5.74) is 16.1. The summed E-state index contributed by atoms with van der Waals surface area (Å²) in [7, 11) is 0. The van der Waals surface area contributed by atoms with E-state index >= 15 is 0 Å². The maximum absolute atomic E-state index is 6.57. The Hall–Kier alpha value is -7.56. The Morgan fingerprint density at radius 1 is 0.421 bits per heavy atom. The largest absolute Gasteiger partial charge is 0.457 e. The molecule has 12 rings (SSSR count). The van der Waals surface area contributed by atoms with Gasteiger partial charge in [0.25, 0.3) is 0 Å². The zero-order chi connectivity index (χ0) is 37.5. The summed E-state index contributed by atoms with van der Waals surface area (Å²) in [5.74, 6) is 2.67. The predicted octanol–water partition coefficient (Wildman–Crippen LogP) is 13.0. The molecular weight excluding hydrogens is 695 g/mol.